The molecule has 19 heavy (non-hydrogen) atoms. The molecule has 1 aliphatic heterocycles. The van der Waals surface area contributed by atoms with E-state index in [1.165, 1.54) is 0 Å². The van der Waals surface area contributed by atoms with Gasteiger partial charge in [0.1, 0.15) is 0 Å². The molecule has 1 fully saturated rings. The first-order valence-corrected chi connectivity index (χ1v) is 7.17. The number of thiocarbonyl (C=S) groups is 1. The SMILES string of the molecule is CN(CCc1ccccn1)C(=S)NC[C@@H]1CCCO1. The van der Waals surface area contributed by atoms with Crippen LogP contribution in [0, 0.1) is 0 Å². The second-order valence-corrected chi connectivity index (χ2v) is 5.20. The molecule has 1 saturated heterocycles. The Morgan fingerprint density at radius 3 is 3.16 bits per heavy atom. The summed E-state index contributed by atoms with van der Waals surface area (Å²) in [4.78, 5) is 6.36. The van der Waals surface area contributed by atoms with Crippen LogP contribution in [0.4, 0.5) is 0 Å². The molecular weight excluding hydrogens is 258 g/mol. The Morgan fingerprint density at radius 2 is 2.47 bits per heavy atom. The number of hydrogen-bond acceptors (Lipinski definition) is 3. The Balaban J connectivity index is 1.67. The Morgan fingerprint density at radius 1 is 1.58 bits per heavy atom. The molecule has 0 unspecified atom stereocenters. The highest BCUT2D eigenvalue weighted by molar-refractivity contribution is 7.80. The Hall–Kier alpha value is -1.20. The van der Waals surface area contributed by atoms with Gasteiger partial charge in [-0.25, -0.2) is 0 Å². The summed E-state index contributed by atoms with van der Waals surface area (Å²) in [6.07, 6.45) is 5.34. The number of rotatable bonds is 5. The fraction of sp³-hybridized carbons (Fsp3) is 0.571. The lowest BCUT2D eigenvalue weighted by atomic mass is 10.2. The number of likely N-dealkylation sites (N-methyl/N-ethyl adjacent to an activating group) is 1. The summed E-state index contributed by atoms with van der Waals surface area (Å²) in [5.74, 6) is 0. The van der Waals surface area contributed by atoms with E-state index in [4.69, 9.17) is 17.0 Å². The molecule has 0 aromatic carbocycles. The third kappa shape index (κ3) is 4.76. The smallest absolute Gasteiger partial charge is 0.168 e. The molecule has 1 atom stereocenters. The third-order valence-electron chi connectivity index (χ3n) is 3.28. The van der Waals surface area contributed by atoms with Crippen LogP contribution in [-0.4, -0.2) is 47.8 Å². The molecule has 0 saturated carbocycles. The van der Waals surface area contributed by atoms with Crippen LogP contribution < -0.4 is 5.32 Å². The Kier molecular flexibility index (Phi) is 5.54. The molecule has 1 aromatic rings. The van der Waals surface area contributed by atoms with Crippen molar-refractivity contribution in [1.29, 1.82) is 0 Å². The van der Waals surface area contributed by atoms with Gasteiger partial charge in [0.05, 0.1) is 6.10 Å². The molecule has 1 N–H and O–H groups in total. The molecule has 2 heterocycles. The Bertz CT molecular complexity index is 393. The maximum absolute atomic E-state index is 5.56. The zero-order valence-corrected chi connectivity index (χ0v) is 12.2. The number of pyridine rings is 1. The molecule has 0 radical (unpaired) electrons. The molecule has 0 bridgehead atoms. The van der Waals surface area contributed by atoms with Gasteiger partial charge in [0.15, 0.2) is 5.11 Å². The van der Waals surface area contributed by atoms with Crippen LogP contribution in [0.25, 0.3) is 0 Å². The largest absolute Gasteiger partial charge is 0.376 e. The van der Waals surface area contributed by atoms with Gasteiger partial charge in [-0.1, -0.05) is 6.07 Å². The van der Waals surface area contributed by atoms with E-state index in [-0.39, 0.29) is 0 Å². The highest BCUT2D eigenvalue weighted by atomic mass is 32.1. The normalized spacial score (nSPS) is 18.3. The van der Waals surface area contributed by atoms with Crippen LogP contribution in [0.1, 0.15) is 18.5 Å². The molecule has 0 amide bonds. The van der Waals surface area contributed by atoms with E-state index >= 15 is 0 Å². The van der Waals surface area contributed by atoms with E-state index < -0.39 is 0 Å². The molecule has 5 heteroatoms. The fourth-order valence-corrected chi connectivity index (χ4v) is 2.25. The minimum absolute atomic E-state index is 0.321. The fourth-order valence-electron chi connectivity index (χ4n) is 2.07. The van der Waals surface area contributed by atoms with Gasteiger partial charge in [-0.05, 0) is 37.2 Å². The van der Waals surface area contributed by atoms with Crippen LogP contribution in [0.3, 0.4) is 0 Å². The molecule has 1 aromatic heterocycles. The van der Waals surface area contributed by atoms with Gasteiger partial charge in [0, 0.05) is 45.1 Å². The highest BCUT2D eigenvalue weighted by Gasteiger charge is 2.16. The van der Waals surface area contributed by atoms with Crippen LogP contribution in [0.2, 0.25) is 0 Å². The molecule has 1 aliphatic rings. The van der Waals surface area contributed by atoms with Crippen molar-refractivity contribution in [3.63, 3.8) is 0 Å². The molecule has 2 rings (SSSR count). The van der Waals surface area contributed by atoms with Crippen molar-refractivity contribution in [2.24, 2.45) is 0 Å². The van der Waals surface area contributed by atoms with Crippen molar-refractivity contribution in [2.45, 2.75) is 25.4 Å². The quantitative estimate of drug-likeness (QED) is 0.829. The van der Waals surface area contributed by atoms with E-state index in [1.54, 1.807) is 0 Å². The summed E-state index contributed by atoms with van der Waals surface area (Å²) < 4.78 is 5.56. The van der Waals surface area contributed by atoms with E-state index in [2.05, 4.69) is 15.2 Å². The number of aromatic nitrogens is 1. The van der Waals surface area contributed by atoms with Crippen LogP contribution in [-0.2, 0) is 11.2 Å². The van der Waals surface area contributed by atoms with Gasteiger partial charge in [0.25, 0.3) is 0 Å². The first kappa shape index (κ1) is 14.2. The minimum Gasteiger partial charge on any atom is -0.376 e. The first-order valence-electron chi connectivity index (χ1n) is 6.76. The Labute approximate surface area is 120 Å². The van der Waals surface area contributed by atoms with E-state index in [9.17, 15) is 0 Å². The number of nitrogens with zero attached hydrogens (tertiary/aromatic N) is 2. The van der Waals surface area contributed by atoms with Gasteiger partial charge in [-0.3, -0.25) is 4.98 Å². The molecule has 104 valence electrons. The van der Waals surface area contributed by atoms with Crippen LogP contribution >= 0.6 is 12.2 Å². The summed E-state index contributed by atoms with van der Waals surface area (Å²) in [6, 6.07) is 5.98. The zero-order valence-electron chi connectivity index (χ0n) is 11.3. The lowest BCUT2D eigenvalue weighted by molar-refractivity contribution is 0.113. The van der Waals surface area contributed by atoms with Gasteiger partial charge < -0.3 is 15.0 Å². The molecule has 4 nitrogen and oxygen atoms in total. The van der Waals surface area contributed by atoms with E-state index in [0.717, 1.165) is 49.8 Å². The standard InChI is InChI=1S/C14H21N3OS/c1-17(9-7-12-5-2-3-8-15-12)14(19)16-11-13-6-4-10-18-13/h2-3,5,8,13H,4,6-7,9-11H2,1H3,(H,16,19)/t13-/m0/s1. The average molecular weight is 279 g/mol. The minimum atomic E-state index is 0.321. The van der Waals surface area contributed by atoms with Gasteiger partial charge in [0.2, 0.25) is 0 Å². The van der Waals surface area contributed by atoms with Crippen molar-refractivity contribution in [1.82, 2.24) is 15.2 Å². The van der Waals surface area contributed by atoms with E-state index in [0.29, 0.717) is 6.10 Å². The maximum atomic E-state index is 5.56. The van der Waals surface area contributed by atoms with Gasteiger partial charge in [-0.2, -0.15) is 0 Å². The predicted octanol–water partition coefficient (Wildman–Crippen LogP) is 1.61. The van der Waals surface area contributed by atoms with Gasteiger partial charge >= 0.3 is 0 Å². The second-order valence-electron chi connectivity index (χ2n) is 4.81. The van der Waals surface area contributed by atoms with E-state index in [1.807, 2.05) is 31.4 Å². The highest BCUT2D eigenvalue weighted by Crippen LogP contribution is 2.10. The molecule has 0 spiro atoms. The van der Waals surface area contributed by atoms with Crippen molar-refractivity contribution >= 4 is 17.3 Å². The summed E-state index contributed by atoms with van der Waals surface area (Å²) in [5, 5.41) is 4.06. The van der Waals surface area contributed by atoms with Crippen LogP contribution in [0.5, 0.6) is 0 Å². The van der Waals surface area contributed by atoms with Crippen molar-refractivity contribution in [3.8, 4) is 0 Å². The topological polar surface area (TPSA) is 37.4 Å². The van der Waals surface area contributed by atoms with Gasteiger partial charge in [-0.15, -0.1) is 0 Å². The zero-order chi connectivity index (χ0) is 13.5. The van der Waals surface area contributed by atoms with Crippen molar-refractivity contribution in [2.75, 3.05) is 26.7 Å². The lowest BCUT2D eigenvalue weighted by Crippen LogP contribution is -2.41. The monoisotopic (exact) mass is 279 g/mol. The molecule has 0 aliphatic carbocycles. The maximum Gasteiger partial charge on any atom is 0.168 e. The average Bonchev–Trinajstić information content (AvgIpc) is 2.96. The number of nitrogens with one attached hydrogen (secondary N) is 1. The predicted molar refractivity (Wildman–Crippen MR) is 80.1 cm³/mol. The third-order valence-corrected chi connectivity index (χ3v) is 3.74. The number of hydrogen-bond donors (Lipinski definition) is 1. The second kappa shape index (κ2) is 7.40. The summed E-state index contributed by atoms with van der Waals surface area (Å²) >= 11 is 5.37. The first-order chi connectivity index (χ1) is 9.25. The summed E-state index contributed by atoms with van der Waals surface area (Å²) in [7, 11) is 2.01. The van der Waals surface area contributed by atoms with Crippen molar-refractivity contribution in [3.05, 3.63) is 30.1 Å². The summed E-state index contributed by atoms with van der Waals surface area (Å²) in [5.41, 5.74) is 1.09. The van der Waals surface area contributed by atoms with Crippen LogP contribution in [0.15, 0.2) is 24.4 Å². The number of ether oxygens (including phenoxy) is 1. The molecular formula is C14H21N3OS. The summed E-state index contributed by atoms with van der Waals surface area (Å²) in [6.45, 7) is 2.57. The lowest BCUT2D eigenvalue weighted by Gasteiger charge is -2.22. The van der Waals surface area contributed by atoms with Crippen molar-refractivity contribution < 1.29 is 4.74 Å².